The third-order valence-electron chi connectivity index (χ3n) is 6.05. The van der Waals surface area contributed by atoms with Gasteiger partial charge < -0.3 is 30.0 Å². The predicted molar refractivity (Wildman–Crippen MR) is 136 cm³/mol. The second-order valence-electron chi connectivity index (χ2n) is 8.44. The van der Waals surface area contributed by atoms with Crippen LogP contribution in [0.4, 0.5) is 10.5 Å². The molecule has 1 unspecified atom stereocenters. The fourth-order valence-electron chi connectivity index (χ4n) is 4.07. The van der Waals surface area contributed by atoms with E-state index in [1.807, 2.05) is 42.5 Å². The molecular formula is C26H33N5O5. The quantitative estimate of drug-likeness (QED) is 0.323. The molecule has 36 heavy (non-hydrogen) atoms. The third kappa shape index (κ3) is 6.97. The monoisotopic (exact) mass is 495 g/mol. The number of aliphatic hydroxyl groups excluding tert-OH is 1. The molecule has 0 bridgehead atoms. The van der Waals surface area contributed by atoms with Crippen molar-refractivity contribution in [3.05, 3.63) is 60.4 Å². The largest absolute Gasteiger partial charge is 0.497 e. The number of aromatic nitrogens is 2. The summed E-state index contributed by atoms with van der Waals surface area (Å²) in [5.41, 5.74) is 3.24. The Morgan fingerprint density at radius 2 is 2.08 bits per heavy atom. The van der Waals surface area contributed by atoms with Crippen LogP contribution in [0.15, 0.2) is 54.9 Å². The lowest BCUT2D eigenvalue weighted by Gasteiger charge is -2.26. The van der Waals surface area contributed by atoms with Crippen molar-refractivity contribution in [2.75, 3.05) is 58.5 Å². The molecule has 0 radical (unpaired) electrons. The maximum Gasteiger partial charge on any atom is 0.319 e. The second-order valence-corrected chi connectivity index (χ2v) is 8.44. The molecule has 1 fully saturated rings. The van der Waals surface area contributed by atoms with Gasteiger partial charge in [-0.3, -0.25) is 10.00 Å². The van der Waals surface area contributed by atoms with Gasteiger partial charge in [0.05, 0.1) is 38.2 Å². The summed E-state index contributed by atoms with van der Waals surface area (Å²) in [6.45, 7) is 4.38. The molecule has 4 rings (SSSR count). The number of morpholine rings is 1. The Labute approximate surface area is 210 Å². The highest BCUT2D eigenvalue weighted by molar-refractivity contribution is 5.91. The summed E-state index contributed by atoms with van der Waals surface area (Å²) in [5, 5.41) is 22.3. The average Bonchev–Trinajstić information content (AvgIpc) is 3.45. The highest BCUT2D eigenvalue weighted by Gasteiger charge is 2.17. The molecule has 1 atom stereocenters. The first-order valence-electron chi connectivity index (χ1n) is 12.0. The lowest BCUT2D eigenvalue weighted by atomic mass is 10.0. The van der Waals surface area contributed by atoms with Crippen LogP contribution in [0.2, 0.25) is 0 Å². The number of urea groups is 1. The number of nitrogens with zero attached hydrogens (tertiary/aromatic N) is 2. The highest BCUT2D eigenvalue weighted by Crippen LogP contribution is 2.31. The van der Waals surface area contributed by atoms with E-state index in [1.54, 1.807) is 19.5 Å². The lowest BCUT2D eigenvalue weighted by Crippen LogP contribution is -2.38. The maximum absolute atomic E-state index is 13.0. The minimum Gasteiger partial charge on any atom is -0.497 e. The van der Waals surface area contributed by atoms with E-state index in [-0.39, 0.29) is 12.6 Å². The summed E-state index contributed by atoms with van der Waals surface area (Å²) in [4.78, 5) is 15.3. The molecule has 3 aromatic rings. The summed E-state index contributed by atoms with van der Waals surface area (Å²) < 4.78 is 16.8. The van der Waals surface area contributed by atoms with Crippen LogP contribution >= 0.6 is 0 Å². The van der Waals surface area contributed by atoms with Crippen LogP contribution in [0.3, 0.4) is 0 Å². The molecule has 2 aromatic carbocycles. The normalized spacial score (nSPS) is 14.7. The maximum atomic E-state index is 13.0. The van der Waals surface area contributed by atoms with Crippen molar-refractivity contribution in [1.29, 1.82) is 0 Å². The smallest absolute Gasteiger partial charge is 0.319 e. The number of amides is 2. The number of ether oxygens (including phenoxy) is 3. The number of hydrogen-bond donors (Lipinski definition) is 4. The van der Waals surface area contributed by atoms with Crippen LogP contribution in [-0.2, 0) is 4.74 Å². The number of nitrogens with one attached hydrogen (secondary N) is 3. The molecule has 10 nitrogen and oxygen atoms in total. The van der Waals surface area contributed by atoms with E-state index in [1.165, 1.54) is 0 Å². The number of methoxy groups -OCH3 is 1. The first kappa shape index (κ1) is 25.5. The number of anilines is 1. The Morgan fingerprint density at radius 1 is 1.22 bits per heavy atom. The molecule has 1 aliphatic rings. The van der Waals surface area contributed by atoms with Gasteiger partial charge in [0, 0.05) is 38.0 Å². The summed E-state index contributed by atoms with van der Waals surface area (Å²) >= 11 is 0. The minimum absolute atomic E-state index is 0.0720. The number of aliphatic hydroxyl groups is 1. The van der Waals surface area contributed by atoms with Crippen molar-refractivity contribution >= 4 is 11.7 Å². The zero-order chi connectivity index (χ0) is 25.2. The van der Waals surface area contributed by atoms with Crippen LogP contribution in [0.1, 0.15) is 18.0 Å². The van der Waals surface area contributed by atoms with Crippen LogP contribution in [0.25, 0.3) is 11.1 Å². The van der Waals surface area contributed by atoms with E-state index in [9.17, 15) is 9.90 Å². The van der Waals surface area contributed by atoms with E-state index < -0.39 is 6.03 Å². The van der Waals surface area contributed by atoms with Gasteiger partial charge in [0.25, 0.3) is 0 Å². The topological polar surface area (TPSA) is 121 Å². The van der Waals surface area contributed by atoms with E-state index in [0.717, 1.165) is 49.5 Å². The first-order valence-corrected chi connectivity index (χ1v) is 12.0. The number of hydrogen-bond acceptors (Lipinski definition) is 7. The molecule has 0 aliphatic carbocycles. The standard InChI is InChI=1S/C26H33N5O5/c1-34-22-4-2-3-20(15-22)23(7-11-32)29-26(33)30-24-6-5-19(21-17-27-28-18-21)16-25(24)36-14-10-31-8-12-35-13-9-31/h2-6,15-18,23,32H,7-14H2,1H3,(H,27,28)(H2,29,30,33). The number of rotatable bonds is 11. The van der Waals surface area contributed by atoms with Gasteiger partial charge in [-0.25, -0.2) is 4.79 Å². The van der Waals surface area contributed by atoms with E-state index in [0.29, 0.717) is 30.2 Å². The molecular weight excluding hydrogens is 462 g/mol. The first-order chi connectivity index (χ1) is 17.7. The average molecular weight is 496 g/mol. The fraction of sp³-hybridized carbons (Fsp3) is 0.385. The molecule has 0 spiro atoms. The molecule has 1 saturated heterocycles. The van der Waals surface area contributed by atoms with Gasteiger partial charge in [-0.1, -0.05) is 18.2 Å². The molecule has 0 saturated carbocycles. The van der Waals surface area contributed by atoms with Crippen molar-refractivity contribution in [1.82, 2.24) is 20.4 Å². The SMILES string of the molecule is COc1cccc(C(CCO)NC(=O)Nc2ccc(-c3cn[nH]c3)cc2OCCN2CCOCC2)c1. The van der Waals surface area contributed by atoms with Crippen LogP contribution in [0.5, 0.6) is 11.5 Å². The third-order valence-corrected chi connectivity index (χ3v) is 6.05. The molecule has 1 aliphatic heterocycles. The number of aromatic amines is 1. The van der Waals surface area contributed by atoms with Crippen LogP contribution < -0.4 is 20.1 Å². The summed E-state index contributed by atoms with van der Waals surface area (Å²) in [6, 6.07) is 12.3. The van der Waals surface area contributed by atoms with Gasteiger partial charge in [-0.05, 0) is 41.8 Å². The number of carbonyl (C=O) groups excluding carboxylic acids is 1. The van der Waals surface area contributed by atoms with Crippen molar-refractivity contribution in [3.63, 3.8) is 0 Å². The second kappa shape index (κ2) is 12.9. The zero-order valence-corrected chi connectivity index (χ0v) is 20.4. The van der Waals surface area contributed by atoms with E-state index >= 15 is 0 Å². The Bertz CT molecular complexity index is 1100. The Kier molecular flexibility index (Phi) is 9.15. The lowest BCUT2D eigenvalue weighted by molar-refractivity contribution is 0.0323. The molecule has 4 N–H and O–H groups in total. The summed E-state index contributed by atoms with van der Waals surface area (Å²) in [6.07, 6.45) is 3.91. The molecule has 1 aromatic heterocycles. The van der Waals surface area contributed by atoms with E-state index in [2.05, 4.69) is 25.7 Å². The van der Waals surface area contributed by atoms with Crippen LogP contribution in [0, 0.1) is 0 Å². The predicted octanol–water partition coefficient (Wildman–Crippen LogP) is 3.04. The summed E-state index contributed by atoms with van der Waals surface area (Å²) in [7, 11) is 1.59. The number of carbonyl (C=O) groups is 1. The van der Waals surface area contributed by atoms with Gasteiger partial charge in [-0.15, -0.1) is 0 Å². The van der Waals surface area contributed by atoms with Gasteiger partial charge in [0.2, 0.25) is 0 Å². The molecule has 192 valence electrons. The van der Waals surface area contributed by atoms with Gasteiger partial charge in [0.15, 0.2) is 0 Å². The Morgan fingerprint density at radius 3 is 2.83 bits per heavy atom. The Balaban J connectivity index is 1.46. The minimum atomic E-state index is -0.398. The van der Waals surface area contributed by atoms with Crippen molar-refractivity contribution in [3.8, 4) is 22.6 Å². The molecule has 2 heterocycles. The van der Waals surface area contributed by atoms with Gasteiger partial charge in [-0.2, -0.15) is 5.10 Å². The number of H-pyrrole nitrogens is 1. The fourth-order valence-corrected chi connectivity index (χ4v) is 4.07. The van der Waals surface area contributed by atoms with Crippen molar-refractivity contribution in [2.24, 2.45) is 0 Å². The summed E-state index contributed by atoms with van der Waals surface area (Å²) in [5.74, 6) is 1.25. The molecule has 2 amide bonds. The number of benzene rings is 2. The van der Waals surface area contributed by atoms with E-state index in [4.69, 9.17) is 14.2 Å². The van der Waals surface area contributed by atoms with Crippen molar-refractivity contribution < 1.29 is 24.1 Å². The highest BCUT2D eigenvalue weighted by atomic mass is 16.5. The molecule has 10 heteroatoms. The van der Waals surface area contributed by atoms with Crippen LogP contribution in [-0.4, -0.2) is 79.4 Å². The Hall–Kier alpha value is -3.60. The van der Waals surface area contributed by atoms with Gasteiger partial charge >= 0.3 is 6.03 Å². The zero-order valence-electron chi connectivity index (χ0n) is 20.4. The van der Waals surface area contributed by atoms with Gasteiger partial charge in [0.1, 0.15) is 18.1 Å². The van der Waals surface area contributed by atoms with Crippen molar-refractivity contribution in [2.45, 2.75) is 12.5 Å².